The summed E-state index contributed by atoms with van der Waals surface area (Å²) in [5.74, 6) is 1.32. The van der Waals surface area contributed by atoms with Crippen molar-refractivity contribution >= 4 is 40.1 Å². The number of aryl methyl sites for hydroxylation is 1. The third-order valence-electron chi connectivity index (χ3n) is 6.04. The largest absolute Gasteiger partial charge is 0.496 e. The van der Waals surface area contributed by atoms with Crippen LogP contribution in [-0.2, 0) is 24.5 Å². The Morgan fingerprint density at radius 3 is 2.69 bits per heavy atom. The van der Waals surface area contributed by atoms with E-state index in [1.807, 2.05) is 66.3 Å². The highest BCUT2D eigenvalue weighted by atomic mass is 32.1. The van der Waals surface area contributed by atoms with Crippen LogP contribution in [-0.4, -0.2) is 32.8 Å². The minimum Gasteiger partial charge on any atom is -0.496 e. The molecule has 2 heterocycles. The second kappa shape index (κ2) is 10.2. The van der Waals surface area contributed by atoms with Crippen LogP contribution in [0, 0.1) is 0 Å². The average molecular weight is 499 g/mol. The van der Waals surface area contributed by atoms with Gasteiger partial charge in [-0.1, -0.05) is 36.4 Å². The topological polar surface area (TPSA) is 68.6 Å². The molecule has 0 radical (unpaired) electrons. The summed E-state index contributed by atoms with van der Waals surface area (Å²) in [5, 5.41) is 9.98. The number of amides is 1. The van der Waals surface area contributed by atoms with Gasteiger partial charge in [0.2, 0.25) is 0 Å². The maximum atomic E-state index is 13.1. The number of hydrogen-bond acceptors (Lipinski definition) is 5. The first-order chi connectivity index (χ1) is 17.5. The lowest BCUT2D eigenvalue weighted by Gasteiger charge is -2.12. The number of thiocarbonyl (C=S) groups is 1. The first kappa shape index (κ1) is 23.6. The van der Waals surface area contributed by atoms with Gasteiger partial charge < -0.3 is 14.8 Å². The van der Waals surface area contributed by atoms with Crippen LogP contribution in [0.1, 0.15) is 23.6 Å². The Morgan fingerprint density at radius 1 is 1.08 bits per heavy atom. The molecule has 0 spiro atoms. The smallest absolute Gasteiger partial charge is 0.276 e. The van der Waals surface area contributed by atoms with Gasteiger partial charge in [0.1, 0.15) is 23.8 Å². The van der Waals surface area contributed by atoms with E-state index >= 15 is 0 Å². The first-order valence-electron chi connectivity index (χ1n) is 11.7. The molecule has 182 valence electrons. The molecule has 36 heavy (non-hydrogen) atoms. The van der Waals surface area contributed by atoms with Gasteiger partial charge in [-0.2, -0.15) is 5.10 Å². The quantitative estimate of drug-likeness (QED) is 0.275. The fourth-order valence-corrected chi connectivity index (χ4v) is 4.40. The second-order valence-electron chi connectivity index (χ2n) is 8.45. The van der Waals surface area contributed by atoms with Crippen LogP contribution in [0.5, 0.6) is 11.5 Å². The molecule has 0 atom stereocenters. The number of fused-ring (bicyclic) bond motifs is 1. The minimum atomic E-state index is -0.172. The van der Waals surface area contributed by atoms with E-state index in [-0.39, 0.29) is 5.91 Å². The number of carbonyl (C=O) groups excluding carboxylic acids is 1. The van der Waals surface area contributed by atoms with E-state index in [4.69, 9.17) is 21.7 Å². The molecule has 0 bridgehead atoms. The summed E-state index contributed by atoms with van der Waals surface area (Å²) in [7, 11) is 1.63. The Kier molecular flexibility index (Phi) is 6.69. The minimum absolute atomic E-state index is 0.172. The molecule has 3 aromatic carbocycles. The molecule has 1 N–H and O–H groups in total. The summed E-state index contributed by atoms with van der Waals surface area (Å²) >= 11 is 5.43. The summed E-state index contributed by atoms with van der Waals surface area (Å²) < 4.78 is 13.4. The molecule has 4 aromatic rings. The maximum absolute atomic E-state index is 13.1. The van der Waals surface area contributed by atoms with Crippen LogP contribution in [0.2, 0.25) is 0 Å². The fourth-order valence-electron chi connectivity index (χ4n) is 4.14. The van der Waals surface area contributed by atoms with E-state index < -0.39 is 0 Å². The molecule has 0 unspecified atom stereocenters. The molecule has 1 fully saturated rings. The molecule has 1 aliphatic heterocycles. The second-order valence-corrected chi connectivity index (χ2v) is 8.84. The Bertz CT molecular complexity index is 1480. The predicted octanol–water partition coefficient (Wildman–Crippen LogP) is 4.90. The molecular weight excluding hydrogens is 472 g/mol. The number of ether oxygens (including phenoxy) is 2. The lowest BCUT2D eigenvalue weighted by atomic mass is 10.1. The number of carbonyl (C=O) groups is 1. The zero-order valence-corrected chi connectivity index (χ0v) is 20.9. The highest BCUT2D eigenvalue weighted by Gasteiger charge is 2.31. The highest BCUT2D eigenvalue weighted by Crippen LogP contribution is 2.26. The number of hydrogen-bond donors (Lipinski definition) is 1. The summed E-state index contributed by atoms with van der Waals surface area (Å²) in [6, 6.07) is 19.9. The molecule has 1 aromatic heterocycles. The summed E-state index contributed by atoms with van der Waals surface area (Å²) in [6.45, 7) is 3.48. The van der Waals surface area contributed by atoms with Gasteiger partial charge in [0.25, 0.3) is 5.91 Å². The fraction of sp³-hybridized carbons (Fsp3) is 0.179. The lowest BCUT2D eigenvalue weighted by molar-refractivity contribution is -0.122. The van der Waals surface area contributed by atoms with Crippen LogP contribution < -0.4 is 14.8 Å². The van der Waals surface area contributed by atoms with Crippen molar-refractivity contribution in [2.75, 3.05) is 7.11 Å². The van der Waals surface area contributed by atoms with Crippen molar-refractivity contribution in [1.82, 2.24) is 20.0 Å². The van der Waals surface area contributed by atoms with Crippen LogP contribution >= 0.6 is 12.2 Å². The van der Waals surface area contributed by atoms with Crippen LogP contribution in [0.25, 0.3) is 16.8 Å². The van der Waals surface area contributed by atoms with E-state index in [2.05, 4.69) is 22.5 Å². The maximum Gasteiger partial charge on any atom is 0.276 e. The number of benzene rings is 3. The lowest BCUT2D eigenvalue weighted by Crippen LogP contribution is -2.29. The van der Waals surface area contributed by atoms with Crippen molar-refractivity contribution in [3.63, 3.8) is 0 Å². The Labute approximate surface area is 214 Å². The Hall–Kier alpha value is -4.17. The molecule has 7 nitrogen and oxygen atoms in total. The Morgan fingerprint density at radius 2 is 1.92 bits per heavy atom. The molecule has 1 saturated heterocycles. The molecule has 1 aliphatic rings. The van der Waals surface area contributed by atoms with Crippen molar-refractivity contribution in [3.05, 3.63) is 95.4 Å². The van der Waals surface area contributed by atoms with Gasteiger partial charge >= 0.3 is 0 Å². The van der Waals surface area contributed by atoms with Crippen molar-refractivity contribution in [3.8, 4) is 11.5 Å². The first-order valence-corrected chi connectivity index (χ1v) is 12.1. The zero-order chi connectivity index (χ0) is 25.1. The SMILES string of the molecule is CCn1cc(CN2C(=O)/C(=C\c3ccc(OC)c(COc4ccc5ccccc5c4)c3)NC2=S)cn1. The van der Waals surface area contributed by atoms with Gasteiger partial charge in [-0.15, -0.1) is 0 Å². The Balaban J connectivity index is 1.33. The number of aromatic nitrogens is 2. The van der Waals surface area contributed by atoms with Crippen LogP contribution in [0.15, 0.2) is 78.8 Å². The van der Waals surface area contributed by atoms with Gasteiger partial charge in [-0.3, -0.25) is 14.4 Å². The number of methoxy groups -OCH3 is 1. The van der Waals surface area contributed by atoms with Crippen molar-refractivity contribution < 1.29 is 14.3 Å². The van der Waals surface area contributed by atoms with Gasteiger partial charge in [-0.05, 0) is 65.8 Å². The standard InChI is InChI=1S/C28H26N4O3S/c1-3-31-16-20(15-29-31)17-32-27(33)25(30-28(32)36)13-19-8-11-26(34-2)23(12-19)18-35-24-10-9-21-6-4-5-7-22(21)14-24/h4-16H,3,17-18H2,1-2H3,(H,30,36)/b25-13+. The normalized spacial score (nSPS) is 14.5. The molecule has 8 heteroatoms. The van der Waals surface area contributed by atoms with Crippen molar-refractivity contribution in [1.29, 1.82) is 0 Å². The van der Waals surface area contributed by atoms with E-state index in [0.29, 0.717) is 29.7 Å². The highest BCUT2D eigenvalue weighted by molar-refractivity contribution is 7.80. The molecular formula is C28H26N4O3S. The monoisotopic (exact) mass is 498 g/mol. The van der Waals surface area contributed by atoms with Crippen molar-refractivity contribution in [2.45, 2.75) is 26.6 Å². The van der Waals surface area contributed by atoms with Gasteiger partial charge in [0.05, 0.1) is 19.9 Å². The predicted molar refractivity (Wildman–Crippen MR) is 143 cm³/mol. The molecule has 0 aliphatic carbocycles. The van der Waals surface area contributed by atoms with E-state index in [0.717, 1.165) is 39.8 Å². The number of nitrogens with one attached hydrogen (secondary N) is 1. The van der Waals surface area contributed by atoms with Crippen molar-refractivity contribution in [2.24, 2.45) is 0 Å². The molecule has 0 saturated carbocycles. The van der Waals surface area contributed by atoms with E-state index in [9.17, 15) is 4.79 Å². The van der Waals surface area contributed by atoms with E-state index in [1.165, 1.54) is 0 Å². The van der Waals surface area contributed by atoms with E-state index in [1.54, 1.807) is 24.3 Å². The summed E-state index contributed by atoms with van der Waals surface area (Å²) in [4.78, 5) is 14.6. The molecule has 5 rings (SSSR count). The summed E-state index contributed by atoms with van der Waals surface area (Å²) in [5.41, 5.74) is 3.06. The third kappa shape index (κ3) is 4.94. The number of nitrogens with zero attached hydrogens (tertiary/aromatic N) is 3. The van der Waals surface area contributed by atoms with Crippen LogP contribution in [0.3, 0.4) is 0 Å². The zero-order valence-electron chi connectivity index (χ0n) is 20.1. The van der Waals surface area contributed by atoms with Gasteiger partial charge in [-0.25, -0.2) is 0 Å². The number of rotatable bonds is 8. The van der Waals surface area contributed by atoms with Gasteiger partial charge in [0, 0.05) is 23.9 Å². The summed E-state index contributed by atoms with van der Waals surface area (Å²) in [6.07, 6.45) is 5.47. The van der Waals surface area contributed by atoms with Gasteiger partial charge in [0.15, 0.2) is 5.11 Å². The van der Waals surface area contributed by atoms with Crippen LogP contribution in [0.4, 0.5) is 0 Å². The molecule has 1 amide bonds. The third-order valence-corrected chi connectivity index (χ3v) is 6.37. The average Bonchev–Trinajstić information content (AvgIpc) is 3.47.